The molecule has 194 valence electrons. The van der Waals surface area contributed by atoms with E-state index in [9.17, 15) is 32.3 Å². The molecule has 10 heteroatoms. The zero-order valence-corrected chi connectivity index (χ0v) is 20.2. The number of carbonyl (C=O) groups excluding carboxylic acids is 1. The van der Waals surface area contributed by atoms with Gasteiger partial charge in [0.15, 0.2) is 0 Å². The van der Waals surface area contributed by atoms with Gasteiger partial charge in [0, 0.05) is 28.6 Å². The van der Waals surface area contributed by atoms with Crippen LogP contribution in [0.25, 0.3) is 11.1 Å². The SMILES string of the molecule is Cc1cc(NC(=O)C2(c3ccc(C(F)(F)F)cc3F)CC2)cc(C(=O)O)c1-c1cnn(C(C)C2CC2)c1. The number of halogens is 4. The highest BCUT2D eigenvalue weighted by Crippen LogP contribution is 2.50. The second kappa shape index (κ2) is 8.71. The number of hydrogen-bond acceptors (Lipinski definition) is 3. The van der Waals surface area contributed by atoms with Crippen LogP contribution in [-0.4, -0.2) is 26.8 Å². The van der Waals surface area contributed by atoms with Crippen LogP contribution in [0.15, 0.2) is 42.7 Å². The largest absolute Gasteiger partial charge is 0.478 e. The molecular formula is C27H25F4N3O3. The van der Waals surface area contributed by atoms with Gasteiger partial charge in [0.1, 0.15) is 5.82 Å². The Bertz CT molecular complexity index is 1400. The minimum atomic E-state index is -4.70. The average molecular weight is 516 g/mol. The first kappa shape index (κ1) is 25.0. The van der Waals surface area contributed by atoms with E-state index in [-0.39, 0.29) is 35.7 Å². The van der Waals surface area contributed by atoms with Crippen molar-refractivity contribution >= 4 is 17.6 Å². The van der Waals surface area contributed by atoms with Crippen molar-refractivity contribution in [3.8, 4) is 11.1 Å². The van der Waals surface area contributed by atoms with Gasteiger partial charge in [-0.1, -0.05) is 6.07 Å². The van der Waals surface area contributed by atoms with Crippen LogP contribution in [0, 0.1) is 18.7 Å². The number of aryl methyl sites for hydroxylation is 1. The first-order valence-electron chi connectivity index (χ1n) is 12.0. The maximum absolute atomic E-state index is 14.6. The van der Waals surface area contributed by atoms with Crippen LogP contribution >= 0.6 is 0 Å². The zero-order valence-electron chi connectivity index (χ0n) is 20.2. The number of nitrogens with one attached hydrogen (secondary N) is 1. The number of alkyl halides is 3. The first-order chi connectivity index (χ1) is 17.4. The summed E-state index contributed by atoms with van der Waals surface area (Å²) in [5, 5.41) is 17.0. The fourth-order valence-electron chi connectivity index (χ4n) is 4.97. The molecule has 2 N–H and O–H groups in total. The Hall–Kier alpha value is -3.69. The smallest absolute Gasteiger partial charge is 0.416 e. The van der Waals surface area contributed by atoms with Crippen molar-refractivity contribution in [2.45, 2.75) is 57.2 Å². The molecular weight excluding hydrogens is 490 g/mol. The third-order valence-electron chi connectivity index (χ3n) is 7.43. The molecule has 0 saturated heterocycles. The molecule has 2 fully saturated rings. The predicted molar refractivity (Wildman–Crippen MR) is 128 cm³/mol. The van der Waals surface area contributed by atoms with E-state index < -0.39 is 34.8 Å². The Morgan fingerprint density at radius 1 is 1.19 bits per heavy atom. The molecule has 1 heterocycles. The van der Waals surface area contributed by atoms with Crippen LogP contribution < -0.4 is 5.32 Å². The van der Waals surface area contributed by atoms with Crippen LogP contribution in [0.5, 0.6) is 0 Å². The van der Waals surface area contributed by atoms with Crippen LogP contribution in [0.2, 0.25) is 0 Å². The van der Waals surface area contributed by atoms with Gasteiger partial charge in [-0.05, 0) is 75.3 Å². The van der Waals surface area contributed by atoms with E-state index in [0.717, 1.165) is 25.0 Å². The molecule has 1 atom stereocenters. The van der Waals surface area contributed by atoms with Gasteiger partial charge >= 0.3 is 12.1 Å². The van der Waals surface area contributed by atoms with Crippen LogP contribution in [0.4, 0.5) is 23.2 Å². The van der Waals surface area contributed by atoms with Gasteiger partial charge in [0.25, 0.3) is 0 Å². The summed E-state index contributed by atoms with van der Waals surface area (Å²) < 4.78 is 55.3. The number of aromatic carboxylic acids is 1. The van der Waals surface area contributed by atoms with Gasteiger partial charge in [-0.3, -0.25) is 9.48 Å². The highest BCUT2D eigenvalue weighted by atomic mass is 19.4. The topological polar surface area (TPSA) is 84.2 Å². The molecule has 5 rings (SSSR count). The van der Waals surface area contributed by atoms with E-state index in [4.69, 9.17) is 0 Å². The van der Waals surface area contributed by atoms with Gasteiger partial charge in [0.2, 0.25) is 5.91 Å². The minimum Gasteiger partial charge on any atom is -0.478 e. The number of carboxylic acid groups (broad SMARTS) is 1. The fraction of sp³-hybridized carbons (Fsp3) is 0.370. The summed E-state index contributed by atoms with van der Waals surface area (Å²) >= 11 is 0. The van der Waals surface area contributed by atoms with E-state index in [0.29, 0.717) is 28.7 Å². The lowest BCUT2D eigenvalue weighted by atomic mass is 9.92. The van der Waals surface area contributed by atoms with Gasteiger partial charge in [0.05, 0.1) is 28.8 Å². The highest BCUT2D eigenvalue weighted by Gasteiger charge is 2.53. The van der Waals surface area contributed by atoms with Crippen molar-refractivity contribution in [3.63, 3.8) is 0 Å². The Morgan fingerprint density at radius 3 is 2.46 bits per heavy atom. The maximum atomic E-state index is 14.6. The Balaban J connectivity index is 1.43. The third kappa shape index (κ3) is 4.60. The number of benzene rings is 2. The third-order valence-corrected chi connectivity index (χ3v) is 7.43. The molecule has 0 bridgehead atoms. The summed E-state index contributed by atoms with van der Waals surface area (Å²) in [4.78, 5) is 25.3. The molecule has 0 aliphatic heterocycles. The number of carboxylic acids is 1. The molecule has 6 nitrogen and oxygen atoms in total. The van der Waals surface area contributed by atoms with Gasteiger partial charge in [-0.2, -0.15) is 18.3 Å². The van der Waals surface area contributed by atoms with Crippen LogP contribution in [0.1, 0.15) is 65.7 Å². The normalized spacial score (nSPS) is 17.4. The molecule has 1 aromatic heterocycles. The van der Waals surface area contributed by atoms with Crippen LogP contribution in [-0.2, 0) is 16.4 Å². The van der Waals surface area contributed by atoms with Crippen molar-refractivity contribution in [2.75, 3.05) is 5.32 Å². The summed E-state index contributed by atoms with van der Waals surface area (Å²) in [6.07, 6.45) is 1.56. The minimum absolute atomic E-state index is 0.0283. The number of anilines is 1. The van der Waals surface area contributed by atoms with E-state index in [1.165, 1.54) is 6.07 Å². The number of amides is 1. The van der Waals surface area contributed by atoms with Gasteiger partial charge < -0.3 is 10.4 Å². The highest BCUT2D eigenvalue weighted by molar-refractivity contribution is 6.04. The summed E-state index contributed by atoms with van der Waals surface area (Å²) in [6.45, 7) is 3.80. The van der Waals surface area contributed by atoms with Crippen molar-refractivity contribution < 1.29 is 32.3 Å². The molecule has 0 radical (unpaired) electrons. The monoisotopic (exact) mass is 515 g/mol. The lowest BCUT2D eigenvalue weighted by Gasteiger charge is -2.19. The average Bonchev–Trinajstić information content (AvgIpc) is 3.75. The molecule has 0 spiro atoms. The lowest BCUT2D eigenvalue weighted by molar-refractivity contribution is -0.137. The van der Waals surface area contributed by atoms with E-state index in [1.54, 1.807) is 19.2 Å². The number of rotatable bonds is 7. The standard InChI is InChI=1S/C27H25F4N3O3/c1-14-9-19(11-20(24(35)36)23(14)17-12-32-34(13-17)15(2)16-3-4-16)33-25(37)26(7-8-26)21-6-5-18(10-22(21)28)27(29,30)31/h5-6,9-13,15-16H,3-4,7-8H2,1-2H3,(H,33,37)(H,35,36). The Kier molecular flexibility index (Phi) is 5.88. The number of aromatic nitrogens is 2. The summed E-state index contributed by atoms with van der Waals surface area (Å²) in [6, 6.07) is 5.33. The maximum Gasteiger partial charge on any atom is 0.416 e. The zero-order chi connectivity index (χ0) is 26.7. The molecule has 2 aromatic carbocycles. The predicted octanol–water partition coefficient (Wildman–Crippen LogP) is 6.36. The van der Waals surface area contributed by atoms with Crippen molar-refractivity contribution in [2.24, 2.45) is 5.92 Å². The lowest BCUT2D eigenvalue weighted by Crippen LogP contribution is -2.29. The Morgan fingerprint density at radius 2 is 1.89 bits per heavy atom. The summed E-state index contributed by atoms with van der Waals surface area (Å²) in [5.74, 6) is -2.32. The fourth-order valence-corrected chi connectivity index (χ4v) is 4.97. The molecule has 1 unspecified atom stereocenters. The Labute approximate surface area is 210 Å². The van der Waals surface area contributed by atoms with E-state index in [1.807, 2.05) is 10.9 Å². The van der Waals surface area contributed by atoms with Crippen LogP contribution in [0.3, 0.4) is 0 Å². The molecule has 2 saturated carbocycles. The molecule has 3 aromatic rings. The molecule has 2 aliphatic rings. The summed E-state index contributed by atoms with van der Waals surface area (Å²) in [5.41, 5.74) is -0.635. The second-order valence-electron chi connectivity index (χ2n) is 10.0. The van der Waals surface area contributed by atoms with Gasteiger partial charge in [-0.25, -0.2) is 9.18 Å². The molecule has 2 aliphatic carbocycles. The summed E-state index contributed by atoms with van der Waals surface area (Å²) in [7, 11) is 0. The van der Waals surface area contributed by atoms with Crippen molar-refractivity contribution in [3.05, 3.63) is 70.8 Å². The van der Waals surface area contributed by atoms with Crippen molar-refractivity contribution in [1.29, 1.82) is 0 Å². The number of hydrogen-bond donors (Lipinski definition) is 2. The second-order valence-corrected chi connectivity index (χ2v) is 10.0. The number of nitrogens with zero attached hydrogens (tertiary/aromatic N) is 2. The first-order valence-corrected chi connectivity index (χ1v) is 12.0. The molecule has 37 heavy (non-hydrogen) atoms. The molecule has 1 amide bonds. The quantitative estimate of drug-likeness (QED) is 0.359. The number of carbonyl (C=O) groups is 2. The van der Waals surface area contributed by atoms with Gasteiger partial charge in [-0.15, -0.1) is 0 Å². The van der Waals surface area contributed by atoms with E-state index >= 15 is 0 Å². The van der Waals surface area contributed by atoms with E-state index in [2.05, 4.69) is 17.3 Å². The van der Waals surface area contributed by atoms with Crippen molar-refractivity contribution in [1.82, 2.24) is 9.78 Å².